The van der Waals surface area contributed by atoms with E-state index in [9.17, 15) is 13.5 Å². The van der Waals surface area contributed by atoms with Crippen LogP contribution in [0.15, 0.2) is 24.3 Å². The number of anilines is 1. The molecule has 7 nitrogen and oxygen atoms in total. The Kier molecular flexibility index (Phi) is 4.37. The van der Waals surface area contributed by atoms with Crippen LogP contribution in [0.2, 0.25) is 0 Å². The Balaban J connectivity index is 1.87. The number of benzene rings is 1. The largest absolute Gasteiger partial charge is 0.493 e. The highest BCUT2D eigenvalue weighted by Crippen LogP contribution is 2.24. The second kappa shape index (κ2) is 6.19. The van der Waals surface area contributed by atoms with Crippen molar-refractivity contribution < 1.29 is 18.3 Å². The summed E-state index contributed by atoms with van der Waals surface area (Å²) in [5.41, 5.74) is 1.70. The molecule has 2 atom stereocenters. The maximum Gasteiger partial charge on any atom is 0.301 e. The van der Waals surface area contributed by atoms with Crippen molar-refractivity contribution in [2.45, 2.75) is 33.0 Å². The van der Waals surface area contributed by atoms with Crippen LogP contribution in [0.5, 0.6) is 5.88 Å². The number of morpholine rings is 1. The molecular weight excluding hydrogens is 330 g/mol. The van der Waals surface area contributed by atoms with Crippen molar-refractivity contribution in [1.29, 1.82) is 0 Å². The molecule has 2 N–H and O–H groups in total. The number of fused-ring (bicyclic) bond motifs is 1. The Labute approximate surface area is 141 Å². The van der Waals surface area contributed by atoms with Crippen LogP contribution < -0.4 is 4.72 Å². The first-order valence-electron chi connectivity index (χ1n) is 7.78. The summed E-state index contributed by atoms with van der Waals surface area (Å²) >= 11 is 0. The number of nitrogens with one attached hydrogen (secondary N) is 1. The highest BCUT2D eigenvalue weighted by molar-refractivity contribution is 7.90. The van der Waals surface area contributed by atoms with E-state index in [2.05, 4.69) is 9.71 Å². The molecule has 1 aliphatic heterocycles. The van der Waals surface area contributed by atoms with Gasteiger partial charge < -0.3 is 9.84 Å². The van der Waals surface area contributed by atoms with E-state index in [1.807, 2.05) is 13.8 Å². The van der Waals surface area contributed by atoms with Gasteiger partial charge in [-0.15, -0.1) is 0 Å². The Morgan fingerprint density at radius 3 is 2.58 bits per heavy atom. The monoisotopic (exact) mass is 351 g/mol. The molecule has 1 aromatic heterocycles. The summed E-state index contributed by atoms with van der Waals surface area (Å²) < 4.78 is 34.8. The van der Waals surface area contributed by atoms with Gasteiger partial charge in [-0.1, -0.05) is 0 Å². The van der Waals surface area contributed by atoms with Crippen molar-refractivity contribution in [3.8, 4) is 5.88 Å². The third-order valence-corrected chi connectivity index (χ3v) is 5.42. The highest BCUT2D eigenvalue weighted by Gasteiger charge is 2.31. The van der Waals surface area contributed by atoms with Crippen molar-refractivity contribution >= 4 is 26.8 Å². The average Bonchev–Trinajstić information content (AvgIpc) is 2.47. The van der Waals surface area contributed by atoms with Crippen molar-refractivity contribution in [2.24, 2.45) is 0 Å². The van der Waals surface area contributed by atoms with Gasteiger partial charge in [0.25, 0.3) is 0 Å². The van der Waals surface area contributed by atoms with E-state index in [1.54, 1.807) is 31.2 Å². The number of aromatic nitrogens is 1. The Bertz CT molecular complexity index is 859. The summed E-state index contributed by atoms with van der Waals surface area (Å²) in [6, 6.07) is 6.79. The van der Waals surface area contributed by atoms with E-state index in [1.165, 1.54) is 4.31 Å². The molecule has 0 saturated carbocycles. The lowest BCUT2D eigenvalue weighted by Gasteiger charge is -2.34. The van der Waals surface area contributed by atoms with Crippen LogP contribution in [0.4, 0.5) is 5.69 Å². The van der Waals surface area contributed by atoms with Crippen LogP contribution in [-0.4, -0.2) is 48.1 Å². The fourth-order valence-corrected chi connectivity index (χ4v) is 4.24. The molecule has 2 heterocycles. The first-order valence-corrected chi connectivity index (χ1v) is 9.22. The van der Waals surface area contributed by atoms with Crippen LogP contribution in [0.1, 0.15) is 19.4 Å². The number of rotatable bonds is 3. The molecule has 130 valence electrons. The number of ether oxygens (including phenoxy) is 1. The first-order chi connectivity index (χ1) is 11.2. The van der Waals surface area contributed by atoms with Gasteiger partial charge in [-0.3, -0.25) is 4.72 Å². The minimum atomic E-state index is -3.66. The van der Waals surface area contributed by atoms with E-state index in [-0.39, 0.29) is 18.1 Å². The molecule has 2 unspecified atom stereocenters. The molecule has 1 aliphatic rings. The van der Waals surface area contributed by atoms with E-state index in [0.29, 0.717) is 29.9 Å². The predicted octanol–water partition coefficient (Wildman–Crippen LogP) is 2.01. The van der Waals surface area contributed by atoms with Gasteiger partial charge >= 0.3 is 10.2 Å². The quantitative estimate of drug-likeness (QED) is 0.883. The summed E-state index contributed by atoms with van der Waals surface area (Å²) in [6.07, 6.45) is -0.284. The second-order valence-corrected chi connectivity index (χ2v) is 7.89. The summed E-state index contributed by atoms with van der Waals surface area (Å²) in [6.45, 7) is 6.10. The molecule has 0 bridgehead atoms. The van der Waals surface area contributed by atoms with Crippen molar-refractivity contribution in [3.63, 3.8) is 0 Å². The third kappa shape index (κ3) is 3.45. The van der Waals surface area contributed by atoms with Crippen LogP contribution in [0.25, 0.3) is 10.9 Å². The molecule has 24 heavy (non-hydrogen) atoms. The maximum atomic E-state index is 12.6. The Morgan fingerprint density at radius 2 is 1.92 bits per heavy atom. The second-order valence-electron chi connectivity index (χ2n) is 6.22. The van der Waals surface area contributed by atoms with Crippen LogP contribution in [-0.2, 0) is 14.9 Å². The van der Waals surface area contributed by atoms with Gasteiger partial charge in [-0.2, -0.15) is 12.7 Å². The van der Waals surface area contributed by atoms with Crippen molar-refractivity contribution in [3.05, 3.63) is 29.8 Å². The van der Waals surface area contributed by atoms with Gasteiger partial charge in [0.1, 0.15) is 0 Å². The van der Waals surface area contributed by atoms with Gasteiger partial charge in [0.15, 0.2) is 0 Å². The van der Waals surface area contributed by atoms with Crippen LogP contribution in [0, 0.1) is 6.92 Å². The summed E-state index contributed by atoms with van der Waals surface area (Å²) in [7, 11) is -3.66. The lowest BCUT2D eigenvalue weighted by Crippen LogP contribution is -2.49. The summed E-state index contributed by atoms with van der Waals surface area (Å²) in [4.78, 5) is 4.07. The molecule has 0 aliphatic carbocycles. The fourth-order valence-electron chi connectivity index (χ4n) is 2.88. The topological polar surface area (TPSA) is 91.8 Å². The SMILES string of the molecule is Cc1cc2cc(NS(=O)(=O)N3CC(C)OC(C)C3)ccc2nc1O. The number of aromatic hydroxyl groups is 1. The molecule has 0 amide bonds. The maximum absolute atomic E-state index is 12.6. The molecular formula is C16H21N3O4S. The number of hydrogen-bond acceptors (Lipinski definition) is 5. The molecule has 1 fully saturated rings. The Morgan fingerprint density at radius 1 is 1.25 bits per heavy atom. The predicted molar refractivity (Wildman–Crippen MR) is 92.3 cm³/mol. The van der Waals surface area contributed by atoms with Gasteiger partial charge in [-0.05, 0) is 45.0 Å². The van der Waals surface area contributed by atoms with Gasteiger partial charge in [0.2, 0.25) is 5.88 Å². The molecule has 0 spiro atoms. The molecule has 8 heteroatoms. The zero-order valence-electron chi connectivity index (χ0n) is 13.9. The lowest BCUT2D eigenvalue weighted by molar-refractivity contribution is -0.0439. The minimum absolute atomic E-state index is 0.0212. The third-order valence-electron chi connectivity index (χ3n) is 3.95. The number of nitrogens with zero attached hydrogens (tertiary/aromatic N) is 2. The number of pyridine rings is 1. The average molecular weight is 351 g/mol. The minimum Gasteiger partial charge on any atom is -0.493 e. The summed E-state index contributed by atoms with van der Waals surface area (Å²) in [5.74, 6) is -0.0212. The van der Waals surface area contributed by atoms with Crippen LogP contribution in [0.3, 0.4) is 0 Å². The zero-order valence-corrected chi connectivity index (χ0v) is 14.7. The van der Waals surface area contributed by atoms with E-state index in [4.69, 9.17) is 4.74 Å². The number of aryl methyl sites for hydroxylation is 1. The zero-order chi connectivity index (χ0) is 17.5. The van der Waals surface area contributed by atoms with Gasteiger partial charge in [-0.25, -0.2) is 4.98 Å². The lowest BCUT2D eigenvalue weighted by atomic mass is 10.1. The smallest absolute Gasteiger partial charge is 0.301 e. The number of hydrogen-bond donors (Lipinski definition) is 2. The van der Waals surface area contributed by atoms with E-state index in [0.717, 1.165) is 5.39 Å². The standard InChI is InChI=1S/C16H21N3O4S/c1-10-6-13-7-14(4-5-15(13)17-16(10)20)18-24(21,22)19-8-11(2)23-12(3)9-19/h4-7,11-12,18H,8-9H2,1-3H3,(H,17,20). The van der Waals surface area contributed by atoms with Crippen molar-refractivity contribution in [2.75, 3.05) is 17.8 Å². The summed E-state index contributed by atoms with van der Waals surface area (Å²) in [5, 5.41) is 10.4. The van der Waals surface area contributed by atoms with Gasteiger partial charge in [0, 0.05) is 24.0 Å². The normalized spacial score (nSPS) is 22.6. The molecule has 2 aromatic rings. The molecule has 3 rings (SSSR count). The van der Waals surface area contributed by atoms with Crippen molar-refractivity contribution in [1.82, 2.24) is 9.29 Å². The Hall–Kier alpha value is -1.90. The molecule has 0 radical (unpaired) electrons. The van der Waals surface area contributed by atoms with E-state index >= 15 is 0 Å². The molecule has 1 aromatic carbocycles. The van der Waals surface area contributed by atoms with E-state index < -0.39 is 10.2 Å². The highest BCUT2D eigenvalue weighted by atomic mass is 32.2. The fraction of sp³-hybridized carbons (Fsp3) is 0.438. The van der Waals surface area contributed by atoms with Gasteiger partial charge in [0.05, 0.1) is 23.4 Å². The van der Waals surface area contributed by atoms with Crippen LogP contribution >= 0.6 is 0 Å². The molecule has 1 saturated heterocycles. The first kappa shape index (κ1) is 16.9.